The first-order chi connectivity index (χ1) is 10.5. The van der Waals surface area contributed by atoms with E-state index in [1.165, 1.54) is 11.1 Å². The third kappa shape index (κ3) is 2.84. The first-order valence-electron chi connectivity index (χ1n) is 7.77. The number of fused-ring (bicyclic) bond motifs is 1. The molecule has 116 valence electrons. The normalized spacial score (nSPS) is 16.6. The molecule has 2 aromatic rings. The van der Waals surface area contributed by atoms with Crippen molar-refractivity contribution in [2.24, 2.45) is 0 Å². The fourth-order valence-electron chi connectivity index (χ4n) is 2.99. The van der Waals surface area contributed by atoms with Crippen LogP contribution in [0.2, 0.25) is 0 Å². The van der Waals surface area contributed by atoms with E-state index in [2.05, 4.69) is 53.4 Å². The summed E-state index contributed by atoms with van der Waals surface area (Å²) in [4.78, 5) is 18.8. The largest absolute Gasteiger partial charge is 0.369 e. The van der Waals surface area contributed by atoms with Gasteiger partial charge in [-0.15, -0.1) is 0 Å². The number of anilines is 2. The van der Waals surface area contributed by atoms with Crippen molar-refractivity contribution in [2.45, 2.75) is 38.5 Å². The molecule has 5 heteroatoms. The summed E-state index contributed by atoms with van der Waals surface area (Å²) in [6.07, 6.45) is 1.88. The molecule has 1 aromatic heterocycles. The number of hydrogen-bond acceptors (Lipinski definition) is 4. The van der Waals surface area contributed by atoms with E-state index in [0.717, 1.165) is 24.9 Å². The Balaban J connectivity index is 1.70. The predicted octanol–water partition coefficient (Wildman–Crippen LogP) is 2.62. The SMILES string of the molecule is CC(C)c1ccc(CCC2CNc3nc(N)[nH]c(=O)c32)cc1. The lowest BCUT2D eigenvalue weighted by Crippen LogP contribution is -2.17. The van der Waals surface area contributed by atoms with E-state index in [9.17, 15) is 4.79 Å². The lowest BCUT2D eigenvalue weighted by molar-refractivity contribution is 0.668. The number of nitrogen functional groups attached to an aromatic ring is 1. The van der Waals surface area contributed by atoms with Gasteiger partial charge in [-0.2, -0.15) is 4.98 Å². The maximum absolute atomic E-state index is 12.1. The number of benzene rings is 1. The van der Waals surface area contributed by atoms with Crippen LogP contribution in [0.5, 0.6) is 0 Å². The lowest BCUT2D eigenvalue weighted by Gasteiger charge is -2.10. The summed E-state index contributed by atoms with van der Waals surface area (Å²) in [6, 6.07) is 8.75. The van der Waals surface area contributed by atoms with Crippen LogP contribution >= 0.6 is 0 Å². The molecule has 3 rings (SSSR count). The maximum atomic E-state index is 12.1. The highest BCUT2D eigenvalue weighted by molar-refractivity contribution is 5.53. The summed E-state index contributed by atoms with van der Waals surface area (Å²) in [7, 11) is 0. The van der Waals surface area contributed by atoms with Crippen LogP contribution in [0.25, 0.3) is 0 Å². The van der Waals surface area contributed by atoms with Gasteiger partial charge < -0.3 is 11.1 Å². The quantitative estimate of drug-likeness (QED) is 0.810. The molecule has 0 saturated heterocycles. The van der Waals surface area contributed by atoms with E-state index >= 15 is 0 Å². The van der Waals surface area contributed by atoms with Gasteiger partial charge in [0.25, 0.3) is 5.56 Å². The van der Waals surface area contributed by atoms with Crippen LogP contribution in [-0.4, -0.2) is 16.5 Å². The van der Waals surface area contributed by atoms with Crippen LogP contribution in [0.4, 0.5) is 11.8 Å². The highest BCUT2D eigenvalue weighted by atomic mass is 16.1. The van der Waals surface area contributed by atoms with E-state index < -0.39 is 0 Å². The average Bonchev–Trinajstić information content (AvgIpc) is 2.88. The maximum Gasteiger partial charge on any atom is 0.257 e. The van der Waals surface area contributed by atoms with Crippen molar-refractivity contribution >= 4 is 11.8 Å². The second-order valence-corrected chi connectivity index (χ2v) is 6.23. The van der Waals surface area contributed by atoms with E-state index in [0.29, 0.717) is 11.7 Å². The van der Waals surface area contributed by atoms with E-state index in [1.54, 1.807) is 0 Å². The van der Waals surface area contributed by atoms with Gasteiger partial charge in [-0.25, -0.2) is 0 Å². The Hall–Kier alpha value is -2.30. The van der Waals surface area contributed by atoms with Crippen molar-refractivity contribution in [3.8, 4) is 0 Å². The molecule has 0 spiro atoms. The van der Waals surface area contributed by atoms with Gasteiger partial charge in [-0.3, -0.25) is 9.78 Å². The molecule has 1 atom stereocenters. The summed E-state index contributed by atoms with van der Waals surface area (Å²) < 4.78 is 0. The molecule has 1 aromatic carbocycles. The lowest BCUT2D eigenvalue weighted by atomic mass is 9.94. The number of hydrogen-bond donors (Lipinski definition) is 3. The van der Waals surface area contributed by atoms with Crippen LogP contribution < -0.4 is 16.6 Å². The molecule has 1 unspecified atom stereocenters. The standard InChI is InChI=1S/C17H22N4O/c1-10(2)12-6-3-11(4-7-12)5-8-13-9-19-15-14(13)16(22)21-17(18)20-15/h3-4,6-7,10,13H,5,8-9H2,1-2H3,(H4,18,19,20,21,22). The number of rotatable bonds is 4. The first-order valence-corrected chi connectivity index (χ1v) is 7.77. The second kappa shape index (κ2) is 5.83. The molecule has 2 heterocycles. The number of H-pyrrole nitrogens is 1. The minimum absolute atomic E-state index is 0.118. The zero-order valence-corrected chi connectivity index (χ0v) is 13.0. The molecule has 0 amide bonds. The zero-order chi connectivity index (χ0) is 15.7. The van der Waals surface area contributed by atoms with Gasteiger partial charge in [0.2, 0.25) is 5.95 Å². The van der Waals surface area contributed by atoms with Crippen LogP contribution in [-0.2, 0) is 6.42 Å². The highest BCUT2D eigenvalue weighted by Gasteiger charge is 2.26. The van der Waals surface area contributed by atoms with Crippen molar-refractivity contribution in [3.05, 3.63) is 51.3 Å². The molecule has 0 radical (unpaired) electrons. The summed E-state index contributed by atoms with van der Waals surface area (Å²) in [5.74, 6) is 1.55. The highest BCUT2D eigenvalue weighted by Crippen LogP contribution is 2.30. The summed E-state index contributed by atoms with van der Waals surface area (Å²) in [6.45, 7) is 5.14. The van der Waals surface area contributed by atoms with Crippen LogP contribution in [0, 0.1) is 0 Å². The van der Waals surface area contributed by atoms with E-state index in [4.69, 9.17) is 5.73 Å². The minimum atomic E-state index is -0.118. The summed E-state index contributed by atoms with van der Waals surface area (Å²) in [5.41, 5.74) is 8.86. The summed E-state index contributed by atoms with van der Waals surface area (Å²) >= 11 is 0. The van der Waals surface area contributed by atoms with Gasteiger partial charge in [-0.1, -0.05) is 38.1 Å². The molecule has 0 bridgehead atoms. The number of nitrogens with zero attached hydrogens (tertiary/aromatic N) is 1. The Morgan fingerprint density at radius 3 is 2.73 bits per heavy atom. The zero-order valence-electron chi connectivity index (χ0n) is 13.0. The third-order valence-corrected chi connectivity index (χ3v) is 4.33. The van der Waals surface area contributed by atoms with E-state index in [-0.39, 0.29) is 17.4 Å². The smallest absolute Gasteiger partial charge is 0.257 e. The molecular weight excluding hydrogens is 276 g/mol. The van der Waals surface area contributed by atoms with Crippen molar-refractivity contribution in [1.29, 1.82) is 0 Å². The minimum Gasteiger partial charge on any atom is -0.369 e. The third-order valence-electron chi connectivity index (χ3n) is 4.33. The van der Waals surface area contributed by atoms with Gasteiger partial charge >= 0.3 is 0 Å². The van der Waals surface area contributed by atoms with Gasteiger partial charge in [0.05, 0.1) is 5.56 Å². The molecule has 5 nitrogen and oxygen atoms in total. The molecule has 0 saturated carbocycles. The second-order valence-electron chi connectivity index (χ2n) is 6.23. The Morgan fingerprint density at radius 2 is 2.05 bits per heavy atom. The van der Waals surface area contributed by atoms with Gasteiger partial charge in [-0.05, 0) is 29.9 Å². The van der Waals surface area contributed by atoms with Gasteiger partial charge in [0.1, 0.15) is 5.82 Å². The number of aromatic nitrogens is 2. The van der Waals surface area contributed by atoms with E-state index in [1.807, 2.05) is 0 Å². The van der Waals surface area contributed by atoms with Crippen LogP contribution in [0.15, 0.2) is 29.1 Å². The Kier molecular flexibility index (Phi) is 3.88. The molecular formula is C17H22N4O. The Labute approximate surface area is 130 Å². The number of nitrogens with one attached hydrogen (secondary N) is 2. The monoisotopic (exact) mass is 298 g/mol. The average molecular weight is 298 g/mol. The fraction of sp³-hybridized carbons (Fsp3) is 0.412. The summed E-state index contributed by atoms with van der Waals surface area (Å²) in [5, 5.41) is 3.18. The Morgan fingerprint density at radius 1 is 1.32 bits per heavy atom. The fourth-order valence-corrected chi connectivity index (χ4v) is 2.99. The van der Waals surface area contributed by atoms with Crippen molar-refractivity contribution in [2.75, 3.05) is 17.6 Å². The number of aromatic amines is 1. The first kappa shape index (κ1) is 14.6. The molecule has 0 aliphatic carbocycles. The van der Waals surface area contributed by atoms with Crippen molar-refractivity contribution in [1.82, 2.24) is 9.97 Å². The van der Waals surface area contributed by atoms with Crippen LogP contribution in [0.1, 0.15) is 48.8 Å². The molecule has 1 aliphatic heterocycles. The van der Waals surface area contributed by atoms with Crippen molar-refractivity contribution in [3.63, 3.8) is 0 Å². The van der Waals surface area contributed by atoms with Crippen molar-refractivity contribution < 1.29 is 0 Å². The van der Waals surface area contributed by atoms with Gasteiger partial charge in [0.15, 0.2) is 0 Å². The molecule has 1 aliphatic rings. The van der Waals surface area contributed by atoms with Gasteiger partial charge in [0, 0.05) is 12.5 Å². The number of aryl methyl sites for hydroxylation is 1. The molecule has 0 fully saturated rings. The molecule has 4 N–H and O–H groups in total. The number of nitrogens with two attached hydrogens (primary N) is 1. The van der Waals surface area contributed by atoms with Crippen LogP contribution in [0.3, 0.4) is 0 Å². The molecule has 22 heavy (non-hydrogen) atoms. The topological polar surface area (TPSA) is 83.8 Å². The predicted molar refractivity (Wildman–Crippen MR) is 89.4 cm³/mol. The Bertz CT molecular complexity index is 718.